The summed E-state index contributed by atoms with van der Waals surface area (Å²) in [6, 6.07) is 13.2. The Morgan fingerprint density at radius 3 is 2.83 bits per heavy atom. The quantitative estimate of drug-likeness (QED) is 0.878. The van der Waals surface area contributed by atoms with Crippen LogP contribution in [0.1, 0.15) is 30.5 Å². The summed E-state index contributed by atoms with van der Waals surface area (Å²) in [5.41, 5.74) is 2.49. The molecule has 0 saturated carbocycles. The molecule has 0 fully saturated rings. The third-order valence-corrected chi connectivity index (χ3v) is 4.55. The monoisotopic (exact) mass is 349 g/mol. The van der Waals surface area contributed by atoms with Gasteiger partial charge in [0.25, 0.3) is 5.91 Å². The highest BCUT2D eigenvalue weighted by Crippen LogP contribution is 2.31. The van der Waals surface area contributed by atoms with Crippen LogP contribution in [0.5, 0.6) is 5.75 Å². The highest BCUT2D eigenvalue weighted by atomic mass is 35.5. The van der Waals surface area contributed by atoms with Gasteiger partial charge in [-0.05, 0) is 49.1 Å². The summed E-state index contributed by atoms with van der Waals surface area (Å²) in [5.74, 6) is 0.295. The molecule has 0 aromatic heterocycles. The van der Waals surface area contributed by atoms with Crippen LogP contribution in [-0.2, 0) is 11.2 Å². The Balaban J connectivity index is 1.64. The number of fused-ring (bicyclic) bond motifs is 1. The van der Waals surface area contributed by atoms with Gasteiger partial charge in [0.15, 0.2) is 6.10 Å². The van der Waals surface area contributed by atoms with E-state index in [1.807, 2.05) is 12.1 Å². The van der Waals surface area contributed by atoms with Crippen LogP contribution < -0.4 is 10.1 Å². The fourth-order valence-electron chi connectivity index (χ4n) is 2.81. The number of amides is 1. The Morgan fingerprint density at radius 2 is 2.04 bits per heavy atom. The number of halogens is 2. The van der Waals surface area contributed by atoms with Crippen LogP contribution in [0.2, 0.25) is 10.0 Å². The maximum atomic E-state index is 12.4. The number of rotatable bonds is 4. The lowest BCUT2D eigenvalue weighted by Crippen LogP contribution is -2.38. The van der Waals surface area contributed by atoms with Gasteiger partial charge in [0.2, 0.25) is 0 Å². The summed E-state index contributed by atoms with van der Waals surface area (Å²) in [6.45, 7) is 1.71. The molecule has 23 heavy (non-hydrogen) atoms. The molecular weight excluding hydrogens is 333 g/mol. The summed E-state index contributed by atoms with van der Waals surface area (Å²) in [6.07, 6.45) is 1.26. The lowest BCUT2D eigenvalue weighted by molar-refractivity contribution is -0.128. The molecule has 0 saturated heterocycles. The molecule has 2 atom stereocenters. The zero-order chi connectivity index (χ0) is 16.4. The zero-order valence-electron chi connectivity index (χ0n) is 12.7. The number of hydrogen-bond acceptors (Lipinski definition) is 2. The van der Waals surface area contributed by atoms with Crippen molar-refractivity contribution < 1.29 is 9.53 Å². The van der Waals surface area contributed by atoms with Crippen LogP contribution in [0.25, 0.3) is 0 Å². The predicted octanol–water partition coefficient (Wildman–Crippen LogP) is 4.56. The number of carbonyl (C=O) groups is 1. The third-order valence-electron chi connectivity index (χ3n) is 4.02. The number of hydrogen-bond donors (Lipinski definition) is 1. The average Bonchev–Trinajstić information content (AvgIpc) is 2.93. The van der Waals surface area contributed by atoms with Gasteiger partial charge in [-0.2, -0.15) is 0 Å². The minimum Gasteiger partial charge on any atom is -0.479 e. The van der Waals surface area contributed by atoms with E-state index in [0.29, 0.717) is 15.8 Å². The molecule has 0 heterocycles. The first-order chi connectivity index (χ1) is 11.0. The van der Waals surface area contributed by atoms with Crippen molar-refractivity contribution in [2.24, 2.45) is 0 Å². The van der Waals surface area contributed by atoms with E-state index < -0.39 is 6.10 Å². The van der Waals surface area contributed by atoms with Crippen molar-refractivity contribution in [3.05, 3.63) is 63.6 Å². The van der Waals surface area contributed by atoms with E-state index in [1.165, 1.54) is 11.1 Å². The van der Waals surface area contributed by atoms with Crippen molar-refractivity contribution >= 4 is 29.1 Å². The maximum absolute atomic E-state index is 12.4. The fourth-order valence-corrected chi connectivity index (χ4v) is 3.26. The van der Waals surface area contributed by atoms with E-state index in [9.17, 15) is 4.79 Å². The summed E-state index contributed by atoms with van der Waals surface area (Å²) in [4.78, 5) is 12.4. The van der Waals surface area contributed by atoms with Crippen LogP contribution in [0, 0.1) is 0 Å². The fraction of sp³-hybridized carbons (Fsp3) is 0.278. The molecule has 120 valence electrons. The van der Waals surface area contributed by atoms with Crippen molar-refractivity contribution in [1.82, 2.24) is 5.32 Å². The van der Waals surface area contributed by atoms with E-state index in [-0.39, 0.29) is 11.9 Å². The number of carbonyl (C=O) groups excluding carboxylic acids is 1. The topological polar surface area (TPSA) is 38.3 Å². The van der Waals surface area contributed by atoms with Crippen molar-refractivity contribution in [1.29, 1.82) is 0 Å². The van der Waals surface area contributed by atoms with Gasteiger partial charge in [-0.1, -0.05) is 47.5 Å². The van der Waals surface area contributed by atoms with E-state index in [0.717, 1.165) is 12.8 Å². The molecule has 2 aromatic rings. The van der Waals surface area contributed by atoms with Crippen molar-refractivity contribution in [3.63, 3.8) is 0 Å². The molecule has 2 unspecified atom stereocenters. The van der Waals surface area contributed by atoms with Gasteiger partial charge in [0.1, 0.15) is 5.75 Å². The summed E-state index contributed by atoms with van der Waals surface area (Å²) >= 11 is 11.9. The molecule has 0 aliphatic heterocycles. The first kappa shape index (κ1) is 16.2. The van der Waals surface area contributed by atoms with Crippen molar-refractivity contribution in [2.75, 3.05) is 0 Å². The largest absolute Gasteiger partial charge is 0.479 e. The molecule has 3 nitrogen and oxygen atoms in total. The lowest BCUT2D eigenvalue weighted by Gasteiger charge is -2.19. The van der Waals surface area contributed by atoms with Crippen molar-refractivity contribution in [2.45, 2.75) is 31.9 Å². The van der Waals surface area contributed by atoms with Gasteiger partial charge in [0.05, 0.1) is 11.1 Å². The molecular formula is C18H17Cl2NO2. The molecule has 0 spiro atoms. The highest BCUT2D eigenvalue weighted by molar-refractivity contribution is 6.35. The van der Waals surface area contributed by atoms with E-state index in [2.05, 4.69) is 17.4 Å². The first-order valence-corrected chi connectivity index (χ1v) is 8.30. The van der Waals surface area contributed by atoms with E-state index >= 15 is 0 Å². The smallest absolute Gasteiger partial charge is 0.261 e. The average molecular weight is 350 g/mol. The Labute approximate surface area is 145 Å². The van der Waals surface area contributed by atoms with Gasteiger partial charge in [0, 0.05) is 5.02 Å². The van der Waals surface area contributed by atoms with E-state index in [4.69, 9.17) is 27.9 Å². The summed E-state index contributed by atoms with van der Waals surface area (Å²) in [7, 11) is 0. The van der Waals surface area contributed by atoms with E-state index in [1.54, 1.807) is 25.1 Å². The number of benzene rings is 2. The SMILES string of the molecule is CC(Oc1ccc(Cl)cc1Cl)C(=O)NC1CCc2ccccc21. The van der Waals surface area contributed by atoms with Gasteiger partial charge in [-0.3, -0.25) is 4.79 Å². The highest BCUT2D eigenvalue weighted by Gasteiger charge is 2.26. The third kappa shape index (κ3) is 3.62. The molecule has 5 heteroatoms. The summed E-state index contributed by atoms with van der Waals surface area (Å²) in [5, 5.41) is 3.97. The Hall–Kier alpha value is -1.71. The van der Waals surface area contributed by atoms with Crippen LogP contribution in [0.4, 0.5) is 0 Å². The minimum atomic E-state index is -0.638. The maximum Gasteiger partial charge on any atom is 0.261 e. The van der Waals surface area contributed by atoms with Crippen molar-refractivity contribution in [3.8, 4) is 5.75 Å². The van der Waals surface area contributed by atoms with Crippen LogP contribution >= 0.6 is 23.2 Å². The predicted molar refractivity (Wildman–Crippen MR) is 92.2 cm³/mol. The molecule has 2 aromatic carbocycles. The second kappa shape index (κ2) is 6.81. The minimum absolute atomic E-state index is 0.0467. The zero-order valence-corrected chi connectivity index (χ0v) is 14.2. The first-order valence-electron chi connectivity index (χ1n) is 7.54. The molecule has 1 aliphatic rings. The van der Waals surface area contributed by atoms with Crippen LogP contribution in [0.15, 0.2) is 42.5 Å². The second-order valence-corrected chi connectivity index (χ2v) is 6.48. The molecule has 1 N–H and O–H groups in total. The Kier molecular flexibility index (Phi) is 4.79. The molecule has 0 radical (unpaired) electrons. The molecule has 0 bridgehead atoms. The van der Waals surface area contributed by atoms with Gasteiger partial charge >= 0.3 is 0 Å². The molecule has 3 rings (SSSR count). The molecule has 1 aliphatic carbocycles. The van der Waals surface area contributed by atoms with Crippen LogP contribution in [-0.4, -0.2) is 12.0 Å². The van der Waals surface area contributed by atoms with Gasteiger partial charge < -0.3 is 10.1 Å². The molecule has 1 amide bonds. The number of aryl methyl sites for hydroxylation is 1. The standard InChI is InChI=1S/C18H17Cl2NO2/c1-11(23-17-9-7-13(19)10-15(17)20)18(22)21-16-8-6-12-4-2-3-5-14(12)16/h2-5,7,9-11,16H,6,8H2,1H3,(H,21,22). The van der Waals surface area contributed by atoms with Crippen LogP contribution in [0.3, 0.4) is 0 Å². The second-order valence-electron chi connectivity index (χ2n) is 5.63. The number of ether oxygens (including phenoxy) is 1. The van der Waals surface area contributed by atoms with Gasteiger partial charge in [-0.25, -0.2) is 0 Å². The normalized spacial score (nSPS) is 17.4. The van der Waals surface area contributed by atoms with Gasteiger partial charge in [-0.15, -0.1) is 0 Å². The number of nitrogens with one attached hydrogen (secondary N) is 1. The lowest BCUT2D eigenvalue weighted by atomic mass is 10.1. The summed E-state index contributed by atoms with van der Waals surface area (Å²) < 4.78 is 5.66. The Morgan fingerprint density at radius 1 is 1.26 bits per heavy atom. The Bertz CT molecular complexity index is 733.